The summed E-state index contributed by atoms with van der Waals surface area (Å²) in [5.74, 6) is -67.9. The normalized spacial score (nSPS) is 12.3. The molecule has 8 aromatic rings. The standard InChI is InChI=1S/C25H19OS.C24BF20/c26-27(25-13-5-2-6-14-25,18-17-21-9-3-1-4-10-21)20-22-15-16-23-11-7-8-12-24(23)19-22;26-5-1(6(27)14(35)21(42)13(5)34)25(2-7(28)15(36)22(43)16(37)8(2)29,3-9(30)17(38)23(44)18(39)10(3)31)4-11(32)19(40)24(45)20(41)12(4)33/h1-16,19H,20H2;/q+1;-1. The molecule has 8 aromatic carbocycles. The van der Waals surface area contributed by atoms with Crippen LogP contribution in [0.25, 0.3) is 10.8 Å². The van der Waals surface area contributed by atoms with E-state index in [9.17, 15) is 56.9 Å². The number of benzene rings is 8. The summed E-state index contributed by atoms with van der Waals surface area (Å²) in [4.78, 5) is 0.779. The van der Waals surface area contributed by atoms with Gasteiger partial charge in [0.1, 0.15) is 52.7 Å². The van der Waals surface area contributed by atoms with Crippen molar-refractivity contribution in [3.05, 3.63) is 231 Å². The van der Waals surface area contributed by atoms with Crippen molar-refractivity contribution >= 4 is 48.7 Å². The van der Waals surface area contributed by atoms with E-state index < -0.39 is 154 Å². The van der Waals surface area contributed by atoms with Crippen LogP contribution in [-0.4, -0.2) is 6.15 Å². The second kappa shape index (κ2) is 19.9. The summed E-state index contributed by atoms with van der Waals surface area (Å²) in [5, 5.41) is 5.44. The minimum absolute atomic E-state index is 0.404. The molecule has 0 spiro atoms. The maximum atomic E-state index is 15.4. The smallest absolute Gasteiger partial charge is 0.200 e. The lowest BCUT2D eigenvalue weighted by atomic mass is 9.12. The molecule has 23 heteroatoms. The first-order valence-corrected chi connectivity index (χ1v) is 21.5. The van der Waals surface area contributed by atoms with Crippen LogP contribution in [0.1, 0.15) is 11.1 Å². The molecule has 0 aliphatic carbocycles. The van der Waals surface area contributed by atoms with Gasteiger partial charge in [-0.1, -0.05) is 77.0 Å². The third-order valence-electron chi connectivity index (χ3n) is 11.1. The maximum absolute atomic E-state index is 15.4. The molecular weight excluding hydrogens is 1030 g/mol. The van der Waals surface area contributed by atoms with Crippen LogP contribution in [0.4, 0.5) is 87.8 Å². The Hall–Kier alpha value is -7.61. The molecule has 0 heterocycles. The first-order chi connectivity index (χ1) is 33.9. The van der Waals surface area contributed by atoms with E-state index in [1.165, 1.54) is 5.39 Å². The van der Waals surface area contributed by atoms with Crippen molar-refractivity contribution in [2.45, 2.75) is 10.6 Å². The van der Waals surface area contributed by atoms with E-state index >= 15 is 35.1 Å². The highest BCUT2D eigenvalue weighted by Crippen LogP contribution is 2.32. The molecule has 1 nitrogen and oxygen atoms in total. The fraction of sp³-hybridized carbons (Fsp3) is 0.0204. The minimum atomic E-state index is -7.22. The van der Waals surface area contributed by atoms with Crippen LogP contribution in [-0.2, 0) is 19.9 Å². The first-order valence-electron chi connectivity index (χ1n) is 19.8. The summed E-state index contributed by atoms with van der Waals surface area (Å²) in [6.45, 7) is 0. The number of rotatable bonds is 7. The van der Waals surface area contributed by atoms with Crippen molar-refractivity contribution in [2.75, 3.05) is 0 Å². The van der Waals surface area contributed by atoms with Crippen LogP contribution in [0.15, 0.2) is 108 Å². The van der Waals surface area contributed by atoms with Gasteiger partial charge in [0.15, 0.2) is 95.6 Å². The van der Waals surface area contributed by atoms with Crippen LogP contribution in [0.5, 0.6) is 0 Å². The monoisotopic (exact) mass is 1050 g/mol. The highest BCUT2D eigenvalue weighted by atomic mass is 32.2. The number of halogens is 20. The SMILES string of the molecule is Fc1c(F)c(F)c([B-](c2c(F)c(F)c(F)c(F)c2F)(c2c(F)c(F)c(F)c(F)c2F)c2c(F)c(F)c(F)c(F)c2F)c(F)c1F.O=[S+](C#Cc1ccccc1)(Cc1ccc2ccccc2c1)c1ccccc1. The zero-order valence-electron chi connectivity index (χ0n) is 35.0. The van der Waals surface area contributed by atoms with Gasteiger partial charge in [0.05, 0.1) is 0 Å². The fourth-order valence-corrected chi connectivity index (χ4v) is 9.80. The van der Waals surface area contributed by atoms with Crippen LogP contribution in [0.3, 0.4) is 0 Å². The molecular formula is C49H19BF20OS. The predicted octanol–water partition coefficient (Wildman–Crippen LogP) is 11.8. The Morgan fingerprint density at radius 3 is 0.972 bits per heavy atom. The number of fused-ring (bicyclic) bond motifs is 1. The lowest BCUT2D eigenvalue weighted by molar-refractivity contribution is 0.378. The Labute approximate surface area is 392 Å². The third-order valence-corrected chi connectivity index (χ3v) is 13.4. The molecule has 1 unspecified atom stereocenters. The Kier molecular flexibility index (Phi) is 14.4. The molecule has 8 rings (SSSR count). The topological polar surface area (TPSA) is 17.1 Å². The van der Waals surface area contributed by atoms with Crippen molar-refractivity contribution in [1.82, 2.24) is 0 Å². The van der Waals surface area contributed by atoms with Crippen LogP contribution in [0, 0.1) is 128 Å². The van der Waals surface area contributed by atoms with E-state index in [1.807, 2.05) is 72.8 Å². The molecule has 72 heavy (non-hydrogen) atoms. The van der Waals surface area contributed by atoms with E-state index in [4.69, 9.17) is 0 Å². The van der Waals surface area contributed by atoms with Gasteiger partial charge in [-0.05, 0) is 47.0 Å². The van der Waals surface area contributed by atoms with Crippen molar-refractivity contribution in [3.8, 4) is 11.2 Å². The largest absolute Gasteiger partial charge is 0.207 e. The summed E-state index contributed by atoms with van der Waals surface area (Å²) in [6.07, 6.45) is -7.22. The molecule has 0 saturated carbocycles. The molecule has 0 radical (unpaired) electrons. The van der Waals surface area contributed by atoms with Gasteiger partial charge in [0.2, 0.25) is 0 Å². The quantitative estimate of drug-likeness (QED) is 0.0388. The molecule has 0 aliphatic rings. The van der Waals surface area contributed by atoms with E-state index in [-0.39, 0.29) is 0 Å². The fourth-order valence-electron chi connectivity index (χ4n) is 7.92. The van der Waals surface area contributed by atoms with Crippen molar-refractivity contribution in [3.63, 3.8) is 0 Å². The van der Waals surface area contributed by atoms with Gasteiger partial charge < -0.3 is 0 Å². The van der Waals surface area contributed by atoms with Gasteiger partial charge in [0.25, 0.3) is 0 Å². The Bertz CT molecular complexity index is 3220. The third kappa shape index (κ3) is 8.60. The van der Waals surface area contributed by atoms with Gasteiger partial charge in [0, 0.05) is 11.1 Å². The predicted molar refractivity (Wildman–Crippen MR) is 223 cm³/mol. The molecule has 0 saturated heterocycles. The number of hydrogen-bond donors (Lipinski definition) is 0. The van der Waals surface area contributed by atoms with Crippen LogP contribution >= 0.6 is 0 Å². The average Bonchev–Trinajstić information content (AvgIpc) is 3.38. The van der Waals surface area contributed by atoms with Gasteiger partial charge in [-0.3, -0.25) is 0 Å². The zero-order valence-corrected chi connectivity index (χ0v) is 35.8. The molecule has 0 bridgehead atoms. The summed E-state index contributed by atoms with van der Waals surface area (Å²) >= 11 is 0. The van der Waals surface area contributed by atoms with Crippen molar-refractivity contribution in [2.24, 2.45) is 0 Å². The van der Waals surface area contributed by atoms with E-state index in [1.54, 1.807) is 0 Å². The maximum Gasteiger partial charge on any atom is 0.200 e. The summed E-state index contributed by atoms with van der Waals surface area (Å²) < 4.78 is 308. The van der Waals surface area contributed by atoms with Gasteiger partial charge in [-0.15, -0.1) is 21.9 Å². The lowest BCUT2D eigenvalue weighted by Crippen LogP contribution is -2.81. The average molecular weight is 1050 g/mol. The Morgan fingerprint density at radius 1 is 0.333 bits per heavy atom. The van der Waals surface area contributed by atoms with Crippen LogP contribution in [0.2, 0.25) is 0 Å². The van der Waals surface area contributed by atoms with Crippen molar-refractivity contribution in [1.29, 1.82) is 0 Å². The highest BCUT2D eigenvalue weighted by molar-refractivity contribution is 8.06. The van der Waals surface area contributed by atoms with Gasteiger partial charge in [-0.25, -0.2) is 87.8 Å². The molecule has 0 fully saturated rings. The van der Waals surface area contributed by atoms with E-state index in [0.29, 0.717) is 5.75 Å². The van der Waals surface area contributed by atoms with E-state index in [2.05, 4.69) is 41.5 Å². The number of hydrogen-bond acceptors (Lipinski definition) is 1. The summed E-state index contributed by atoms with van der Waals surface area (Å²) in [5.41, 5.74) is -12.4. The second-order valence-electron chi connectivity index (χ2n) is 15.2. The molecule has 0 N–H and O–H groups in total. The Balaban J connectivity index is 0.000000238. The van der Waals surface area contributed by atoms with Crippen molar-refractivity contribution < 1.29 is 92.0 Å². The first kappa shape index (κ1) is 52.2. The summed E-state index contributed by atoms with van der Waals surface area (Å²) in [7, 11) is -2.55. The molecule has 0 amide bonds. The second-order valence-corrected chi connectivity index (χ2v) is 17.5. The van der Waals surface area contributed by atoms with Crippen LogP contribution < -0.4 is 21.9 Å². The molecule has 1 atom stereocenters. The minimum Gasteiger partial charge on any atom is -0.207 e. The highest BCUT2D eigenvalue weighted by Gasteiger charge is 2.52. The summed E-state index contributed by atoms with van der Waals surface area (Å²) in [6, 6.07) is 33.8. The van der Waals surface area contributed by atoms with E-state index in [0.717, 1.165) is 21.4 Å². The molecule has 370 valence electrons. The molecule has 0 aliphatic heterocycles. The zero-order chi connectivity index (χ0) is 52.9. The Morgan fingerprint density at radius 2 is 0.625 bits per heavy atom. The molecule has 0 aromatic heterocycles. The van der Waals surface area contributed by atoms with Gasteiger partial charge in [-0.2, -0.15) is 0 Å². The van der Waals surface area contributed by atoms with Gasteiger partial charge >= 0.3 is 0 Å². The lowest BCUT2D eigenvalue weighted by Gasteiger charge is -2.44.